The lowest BCUT2D eigenvalue weighted by molar-refractivity contribution is -0.0943. The Morgan fingerprint density at radius 1 is 1.33 bits per heavy atom. The molecule has 0 aliphatic carbocycles. The van der Waals surface area contributed by atoms with Gasteiger partial charge in [-0.15, -0.1) is 0 Å². The highest BCUT2D eigenvalue weighted by molar-refractivity contribution is 9.10. The van der Waals surface area contributed by atoms with Gasteiger partial charge in [0, 0.05) is 34.9 Å². The molecule has 21 heavy (non-hydrogen) atoms. The van der Waals surface area contributed by atoms with E-state index < -0.39 is 11.7 Å². The van der Waals surface area contributed by atoms with Gasteiger partial charge in [0.25, 0.3) is 0 Å². The predicted molar refractivity (Wildman–Crippen MR) is 82.6 cm³/mol. The molecule has 0 saturated heterocycles. The van der Waals surface area contributed by atoms with Gasteiger partial charge in [0.05, 0.1) is 0 Å². The van der Waals surface area contributed by atoms with Crippen LogP contribution >= 0.6 is 15.9 Å². The molecule has 0 amide bonds. The van der Waals surface area contributed by atoms with Crippen LogP contribution in [0.1, 0.15) is 24.9 Å². The zero-order chi connectivity index (χ0) is 15.6. The fourth-order valence-electron chi connectivity index (χ4n) is 2.38. The molecule has 2 rings (SSSR count). The van der Waals surface area contributed by atoms with E-state index in [1.165, 1.54) is 6.08 Å². The van der Waals surface area contributed by atoms with Gasteiger partial charge in [-0.2, -0.15) is 13.2 Å². The highest BCUT2D eigenvalue weighted by Crippen LogP contribution is 2.33. The molecule has 0 saturated carbocycles. The van der Waals surface area contributed by atoms with E-state index in [2.05, 4.69) is 28.2 Å². The SMILES string of the molecule is CNC(C)c1ccc(N2CC=C(C(F)(F)F)CC2)cc1Br. The summed E-state index contributed by atoms with van der Waals surface area (Å²) in [5.74, 6) is 0. The molecule has 0 aromatic heterocycles. The van der Waals surface area contributed by atoms with Crippen molar-refractivity contribution >= 4 is 21.6 Å². The number of nitrogens with one attached hydrogen (secondary N) is 1. The van der Waals surface area contributed by atoms with Crippen molar-refractivity contribution in [2.75, 3.05) is 25.0 Å². The molecule has 1 atom stereocenters. The summed E-state index contributed by atoms with van der Waals surface area (Å²) in [7, 11) is 1.89. The summed E-state index contributed by atoms with van der Waals surface area (Å²) in [6, 6.07) is 6.14. The predicted octanol–water partition coefficient (Wildman–Crippen LogP) is 4.43. The molecule has 1 aromatic carbocycles. The Bertz CT molecular complexity index is 540. The lowest BCUT2D eigenvalue weighted by atomic mass is 10.1. The van der Waals surface area contributed by atoms with Gasteiger partial charge in [0.15, 0.2) is 0 Å². The van der Waals surface area contributed by atoms with Gasteiger partial charge in [0.1, 0.15) is 0 Å². The quantitative estimate of drug-likeness (QED) is 0.800. The summed E-state index contributed by atoms with van der Waals surface area (Å²) >= 11 is 3.54. The van der Waals surface area contributed by atoms with Gasteiger partial charge < -0.3 is 10.2 Å². The summed E-state index contributed by atoms with van der Waals surface area (Å²) in [5, 5.41) is 3.17. The van der Waals surface area contributed by atoms with Crippen LogP contribution in [0.4, 0.5) is 18.9 Å². The number of hydrogen-bond donors (Lipinski definition) is 1. The molecule has 116 valence electrons. The second-order valence-electron chi connectivity index (χ2n) is 5.14. The molecule has 1 aliphatic rings. The van der Waals surface area contributed by atoms with E-state index in [0.717, 1.165) is 15.7 Å². The smallest absolute Gasteiger partial charge is 0.367 e. The second-order valence-corrected chi connectivity index (χ2v) is 5.99. The zero-order valence-corrected chi connectivity index (χ0v) is 13.6. The minimum Gasteiger partial charge on any atom is -0.367 e. The Morgan fingerprint density at radius 2 is 2.05 bits per heavy atom. The molecule has 0 spiro atoms. The van der Waals surface area contributed by atoms with Crippen molar-refractivity contribution in [1.82, 2.24) is 5.32 Å². The highest BCUT2D eigenvalue weighted by Gasteiger charge is 2.34. The number of halogens is 4. The van der Waals surface area contributed by atoms with Gasteiger partial charge in [0.2, 0.25) is 0 Å². The van der Waals surface area contributed by atoms with Crippen LogP contribution in [-0.2, 0) is 0 Å². The lowest BCUT2D eigenvalue weighted by Gasteiger charge is -2.29. The molecule has 1 aromatic rings. The minimum absolute atomic E-state index is 0.0375. The average Bonchev–Trinajstić information content (AvgIpc) is 2.45. The third-order valence-corrected chi connectivity index (χ3v) is 4.51. The van der Waals surface area contributed by atoms with Crippen LogP contribution in [0.2, 0.25) is 0 Å². The number of rotatable bonds is 3. The van der Waals surface area contributed by atoms with Crippen LogP contribution in [0.3, 0.4) is 0 Å². The number of anilines is 1. The van der Waals surface area contributed by atoms with Crippen LogP contribution in [-0.4, -0.2) is 26.3 Å². The molecule has 1 aliphatic heterocycles. The Balaban J connectivity index is 2.14. The number of hydrogen-bond acceptors (Lipinski definition) is 2. The molecule has 6 heteroatoms. The topological polar surface area (TPSA) is 15.3 Å². The fraction of sp³-hybridized carbons (Fsp3) is 0.467. The van der Waals surface area contributed by atoms with E-state index in [1.54, 1.807) is 0 Å². The van der Waals surface area contributed by atoms with Crippen molar-refractivity contribution in [1.29, 1.82) is 0 Å². The number of alkyl halides is 3. The Hall–Kier alpha value is -1.01. The maximum atomic E-state index is 12.6. The lowest BCUT2D eigenvalue weighted by Crippen LogP contribution is -2.31. The molecule has 1 N–H and O–H groups in total. The Morgan fingerprint density at radius 3 is 2.52 bits per heavy atom. The van der Waals surface area contributed by atoms with E-state index in [1.807, 2.05) is 30.1 Å². The first kappa shape index (κ1) is 16.4. The minimum atomic E-state index is -4.20. The maximum absolute atomic E-state index is 12.6. The molecule has 0 radical (unpaired) electrons. The first-order valence-electron chi connectivity index (χ1n) is 6.81. The largest absolute Gasteiger partial charge is 0.412 e. The van der Waals surface area contributed by atoms with Gasteiger partial charge in [-0.3, -0.25) is 0 Å². The van der Waals surface area contributed by atoms with Crippen molar-refractivity contribution in [3.63, 3.8) is 0 Å². The highest BCUT2D eigenvalue weighted by atomic mass is 79.9. The van der Waals surface area contributed by atoms with E-state index >= 15 is 0 Å². The Labute approximate surface area is 131 Å². The standard InChI is InChI=1S/C15H18BrF3N2/c1-10(20-2)13-4-3-12(9-14(13)16)21-7-5-11(6-8-21)15(17,18)19/h3-5,9-10,20H,6-8H2,1-2H3. The fourth-order valence-corrected chi connectivity index (χ4v) is 3.09. The van der Waals surface area contributed by atoms with Crippen LogP contribution in [0.25, 0.3) is 0 Å². The zero-order valence-electron chi connectivity index (χ0n) is 12.0. The molecule has 0 fully saturated rings. The summed E-state index contributed by atoms with van der Waals surface area (Å²) in [4.78, 5) is 1.95. The van der Waals surface area contributed by atoms with Gasteiger partial charge in [-0.1, -0.05) is 28.1 Å². The second kappa shape index (κ2) is 6.40. The monoisotopic (exact) mass is 362 g/mol. The third-order valence-electron chi connectivity index (χ3n) is 3.82. The van der Waals surface area contributed by atoms with Crippen LogP contribution < -0.4 is 10.2 Å². The van der Waals surface area contributed by atoms with Crippen molar-refractivity contribution in [3.05, 3.63) is 39.9 Å². The molecular weight excluding hydrogens is 345 g/mol. The van der Waals surface area contributed by atoms with Crippen LogP contribution in [0.5, 0.6) is 0 Å². The first-order chi connectivity index (χ1) is 9.82. The van der Waals surface area contributed by atoms with Gasteiger partial charge in [-0.05, 0) is 38.1 Å². The van der Waals surface area contributed by atoms with Crippen molar-refractivity contribution in [2.45, 2.75) is 25.6 Å². The molecule has 0 bridgehead atoms. The van der Waals surface area contributed by atoms with E-state index in [9.17, 15) is 13.2 Å². The molecule has 1 heterocycles. The average molecular weight is 363 g/mol. The molecule has 1 unspecified atom stereocenters. The van der Waals surface area contributed by atoms with E-state index in [-0.39, 0.29) is 12.5 Å². The van der Waals surface area contributed by atoms with Crippen molar-refractivity contribution in [2.24, 2.45) is 0 Å². The number of nitrogens with zero attached hydrogens (tertiary/aromatic N) is 1. The summed E-state index contributed by atoms with van der Waals surface area (Å²) < 4.78 is 38.8. The molecular formula is C15H18BrF3N2. The van der Waals surface area contributed by atoms with Crippen LogP contribution in [0, 0.1) is 0 Å². The summed E-state index contributed by atoms with van der Waals surface area (Å²) in [6.45, 7) is 2.74. The van der Waals surface area contributed by atoms with Gasteiger partial charge in [-0.25, -0.2) is 0 Å². The normalized spacial score (nSPS) is 17.6. The van der Waals surface area contributed by atoms with Crippen molar-refractivity contribution in [3.8, 4) is 0 Å². The van der Waals surface area contributed by atoms with Gasteiger partial charge >= 0.3 is 6.18 Å². The Kier molecular flexibility index (Phi) is 4.99. The van der Waals surface area contributed by atoms with Crippen LogP contribution in [0.15, 0.2) is 34.3 Å². The van der Waals surface area contributed by atoms with Crippen molar-refractivity contribution < 1.29 is 13.2 Å². The number of benzene rings is 1. The first-order valence-corrected chi connectivity index (χ1v) is 7.60. The van der Waals surface area contributed by atoms with E-state index in [0.29, 0.717) is 13.1 Å². The third kappa shape index (κ3) is 3.80. The molecule has 2 nitrogen and oxygen atoms in total. The summed E-state index contributed by atoms with van der Waals surface area (Å²) in [6.07, 6.45) is -2.88. The summed E-state index contributed by atoms with van der Waals surface area (Å²) in [5.41, 5.74) is 1.65. The van der Waals surface area contributed by atoms with E-state index in [4.69, 9.17) is 0 Å². The maximum Gasteiger partial charge on any atom is 0.412 e.